The number of Topliss-reactive ketones (excluding diaryl/α,β-unsaturated/α-hetero) is 1. The number of hydrogen-bond donors (Lipinski definition) is 1. The summed E-state index contributed by atoms with van der Waals surface area (Å²) in [6.07, 6.45) is 0.398. The highest BCUT2D eigenvalue weighted by atomic mass is 16.2. The molecule has 26 heavy (non-hydrogen) atoms. The van der Waals surface area contributed by atoms with Gasteiger partial charge in [-0.05, 0) is 51.5 Å². The van der Waals surface area contributed by atoms with Crippen molar-refractivity contribution in [3.05, 3.63) is 59.2 Å². The fourth-order valence-electron chi connectivity index (χ4n) is 2.90. The maximum atomic E-state index is 12.2. The summed E-state index contributed by atoms with van der Waals surface area (Å²) in [4.78, 5) is 26.7. The van der Waals surface area contributed by atoms with Crippen LogP contribution in [0.15, 0.2) is 42.5 Å². The van der Waals surface area contributed by atoms with Crippen LogP contribution in [0.4, 0.5) is 11.4 Å². The molecule has 0 aliphatic heterocycles. The maximum Gasteiger partial charge on any atom is 0.224 e. The number of hydrogen-bond acceptors (Lipinski definition) is 3. The van der Waals surface area contributed by atoms with Crippen molar-refractivity contribution < 1.29 is 9.59 Å². The van der Waals surface area contributed by atoms with Gasteiger partial charge < -0.3 is 10.2 Å². The van der Waals surface area contributed by atoms with Crippen molar-refractivity contribution >= 4 is 23.1 Å². The van der Waals surface area contributed by atoms with Crippen LogP contribution in [0.1, 0.15) is 48.2 Å². The van der Waals surface area contributed by atoms with Gasteiger partial charge in [-0.25, -0.2) is 0 Å². The predicted octanol–water partition coefficient (Wildman–Crippen LogP) is 4.75. The van der Waals surface area contributed by atoms with E-state index >= 15 is 0 Å². The third-order valence-corrected chi connectivity index (χ3v) is 4.57. The molecule has 0 unspecified atom stereocenters. The number of nitrogens with one attached hydrogen (secondary N) is 1. The number of aryl methyl sites for hydroxylation is 2. The third kappa shape index (κ3) is 5.19. The second kappa shape index (κ2) is 9.18. The molecule has 1 N–H and O–H groups in total. The molecule has 0 saturated carbocycles. The lowest BCUT2D eigenvalue weighted by atomic mass is 10.0. The average Bonchev–Trinajstić information content (AvgIpc) is 2.63. The zero-order chi connectivity index (χ0) is 19.1. The van der Waals surface area contributed by atoms with Gasteiger partial charge in [-0.3, -0.25) is 9.59 Å². The molecular formula is C22H28N2O2. The molecule has 0 heterocycles. The first kappa shape index (κ1) is 19.7. The summed E-state index contributed by atoms with van der Waals surface area (Å²) >= 11 is 0. The Morgan fingerprint density at radius 2 is 1.58 bits per heavy atom. The van der Waals surface area contributed by atoms with E-state index in [4.69, 9.17) is 0 Å². The fraction of sp³-hybridized carbons (Fsp3) is 0.364. The fourth-order valence-corrected chi connectivity index (χ4v) is 2.90. The summed E-state index contributed by atoms with van der Waals surface area (Å²) in [5.41, 5.74) is 4.74. The second-order valence-corrected chi connectivity index (χ2v) is 6.51. The van der Waals surface area contributed by atoms with Crippen molar-refractivity contribution in [3.8, 4) is 0 Å². The summed E-state index contributed by atoms with van der Waals surface area (Å²) in [5, 5.41) is 2.92. The van der Waals surface area contributed by atoms with Crippen LogP contribution in [-0.4, -0.2) is 24.8 Å². The van der Waals surface area contributed by atoms with E-state index < -0.39 is 0 Å². The highest BCUT2D eigenvalue weighted by Gasteiger charge is 2.11. The quantitative estimate of drug-likeness (QED) is 0.697. The van der Waals surface area contributed by atoms with Crippen molar-refractivity contribution in [1.29, 1.82) is 0 Å². The highest BCUT2D eigenvalue weighted by Crippen LogP contribution is 2.23. The van der Waals surface area contributed by atoms with Crippen LogP contribution in [0.2, 0.25) is 0 Å². The van der Waals surface area contributed by atoms with Crippen molar-refractivity contribution in [1.82, 2.24) is 0 Å². The number of amides is 1. The molecule has 0 radical (unpaired) electrons. The maximum absolute atomic E-state index is 12.2. The molecule has 4 nitrogen and oxygen atoms in total. The number of rotatable bonds is 8. The summed E-state index contributed by atoms with van der Waals surface area (Å²) in [6.45, 7) is 10.1. The summed E-state index contributed by atoms with van der Waals surface area (Å²) in [6, 6.07) is 13.5. The van der Waals surface area contributed by atoms with Gasteiger partial charge in [0.25, 0.3) is 0 Å². The zero-order valence-electron chi connectivity index (χ0n) is 16.1. The van der Waals surface area contributed by atoms with Gasteiger partial charge >= 0.3 is 0 Å². The Labute approximate surface area is 156 Å². The van der Waals surface area contributed by atoms with E-state index in [9.17, 15) is 9.59 Å². The Morgan fingerprint density at radius 1 is 0.923 bits per heavy atom. The van der Waals surface area contributed by atoms with Gasteiger partial charge in [-0.2, -0.15) is 0 Å². The summed E-state index contributed by atoms with van der Waals surface area (Å²) in [7, 11) is 0. The molecular weight excluding hydrogens is 324 g/mol. The first-order valence-electron chi connectivity index (χ1n) is 9.20. The summed E-state index contributed by atoms with van der Waals surface area (Å²) < 4.78 is 0. The molecule has 2 rings (SSSR count). The zero-order valence-corrected chi connectivity index (χ0v) is 16.1. The SMILES string of the molecule is CCN(CC)c1ccc(NC(=O)CCC(=O)c2ccc(C)cc2)c(C)c1. The lowest BCUT2D eigenvalue weighted by molar-refractivity contribution is -0.116. The molecule has 0 spiro atoms. The van der Waals surface area contributed by atoms with E-state index in [1.54, 1.807) is 0 Å². The minimum absolute atomic E-state index is 0.00578. The van der Waals surface area contributed by atoms with E-state index in [1.807, 2.05) is 50.2 Å². The molecule has 0 aliphatic rings. The summed E-state index contributed by atoms with van der Waals surface area (Å²) in [5.74, 6) is -0.141. The number of benzene rings is 2. The molecule has 4 heteroatoms. The van der Waals surface area contributed by atoms with E-state index in [-0.39, 0.29) is 24.5 Å². The molecule has 0 fully saturated rings. The topological polar surface area (TPSA) is 49.4 Å². The van der Waals surface area contributed by atoms with Gasteiger partial charge in [-0.15, -0.1) is 0 Å². The molecule has 0 aliphatic carbocycles. The van der Waals surface area contributed by atoms with Crippen LogP contribution >= 0.6 is 0 Å². The van der Waals surface area contributed by atoms with Crippen LogP contribution in [0.5, 0.6) is 0 Å². The molecule has 138 valence electrons. The molecule has 0 aromatic heterocycles. The van der Waals surface area contributed by atoms with Crippen molar-refractivity contribution in [2.45, 2.75) is 40.5 Å². The van der Waals surface area contributed by atoms with Crippen LogP contribution in [0.25, 0.3) is 0 Å². The standard InChI is InChI=1S/C22H28N2O2/c1-5-24(6-2)19-11-12-20(17(4)15-19)23-22(26)14-13-21(25)18-9-7-16(3)8-10-18/h7-12,15H,5-6,13-14H2,1-4H3,(H,23,26). The second-order valence-electron chi connectivity index (χ2n) is 6.51. The number of carbonyl (C=O) groups excluding carboxylic acids is 2. The van der Waals surface area contributed by atoms with E-state index in [1.165, 1.54) is 0 Å². The lowest BCUT2D eigenvalue weighted by Gasteiger charge is -2.22. The minimum atomic E-state index is -0.135. The number of nitrogens with zero attached hydrogens (tertiary/aromatic N) is 1. The minimum Gasteiger partial charge on any atom is -0.372 e. The van der Waals surface area contributed by atoms with Gasteiger partial charge in [0.05, 0.1) is 0 Å². The Balaban J connectivity index is 1.93. The van der Waals surface area contributed by atoms with Crippen LogP contribution in [-0.2, 0) is 4.79 Å². The van der Waals surface area contributed by atoms with E-state index in [2.05, 4.69) is 30.1 Å². The van der Waals surface area contributed by atoms with Crippen LogP contribution < -0.4 is 10.2 Å². The van der Waals surface area contributed by atoms with Gasteiger partial charge in [-0.1, -0.05) is 29.8 Å². The van der Waals surface area contributed by atoms with Gasteiger partial charge in [0.1, 0.15) is 0 Å². The Morgan fingerprint density at radius 3 is 2.15 bits per heavy atom. The molecule has 2 aromatic carbocycles. The highest BCUT2D eigenvalue weighted by molar-refractivity contribution is 6.00. The van der Waals surface area contributed by atoms with Crippen molar-refractivity contribution in [3.63, 3.8) is 0 Å². The Hall–Kier alpha value is -2.62. The number of ketones is 1. The normalized spacial score (nSPS) is 10.5. The molecule has 1 amide bonds. The molecule has 0 atom stereocenters. The lowest BCUT2D eigenvalue weighted by Crippen LogP contribution is -2.22. The Bertz CT molecular complexity index is 762. The van der Waals surface area contributed by atoms with E-state index in [0.717, 1.165) is 35.6 Å². The number of anilines is 2. The number of carbonyl (C=O) groups is 2. The van der Waals surface area contributed by atoms with Crippen molar-refractivity contribution in [2.75, 3.05) is 23.3 Å². The first-order chi connectivity index (χ1) is 12.4. The van der Waals surface area contributed by atoms with Gasteiger partial charge in [0, 0.05) is 42.9 Å². The largest absolute Gasteiger partial charge is 0.372 e. The van der Waals surface area contributed by atoms with Gasteiger partial charge in [0.15, 0.2) is 5.78 Å². The third-order valence-electron chi connectivity index (χ3n) is 4.57. The predicted molar refractivity (Wildman–Crippen MR) is 108 cm³/mol. The molecule has 0 bridgehead atoms. The van der Waals surface area contributed by atoms with Crippen LogP contribution in [0, 0.1) is 13.8 Å². The van der Waals surface area contributed by atoms with E-state index in [0.29, 0.717) is 5.56 Å². The average molecular weight is 352 g/mol. The van der Waals surface area contributed by atoms with Crippen molar-refractivity contribution in [2.24, 2.45) is 0 Å². The molecule has 2 aromatic rings. The first-order valence-corrected chi connectivity index (χ1v) is 9.20. The van der Waals surface area contributed by atoms with Gasteiger partial charge in [0.2, 0.25) is 5.91 Å². The Kier molecular flexibility index (Phi) is 6.96. The smallest absolute Gasteiger partial charge is 0.224 e. The monoisotopic (exact) mass is 352 g/mol. The molecule has 0 saturated heterocycles. The van der Waals surface area contributed by atoms with Crippen LogP contribution in [0.3, 0.4) is 0 Å².